The van der Waals surface area contributed by atoms with E-state index in [1.807, 2.05) is 67.0 Å². The van der Waals surface area contributed by atoms with E-state index in [0.29, 0.717) is 0 Å². The lowest BCUT2D eigenvalue weighted by Gasteiger charge is -2.33. The molecule has 154 valence electrons. The van der Waals surface area contributed by atoms with Crippen LogP contribution in [0.15, 0.2) is 0 Å². The SMILES string of the molecule is CC(C)COC(=O)C(O[Si](C)(C)C)C(O[Si](C)(C)C)C(=O)OCC(C)C. The molecule has 0 bridgehead atoms. The zero-order valence-electron chi connectivity index (χ0n) is 18.2. The Morgan fingerprint density at radius 2 is 0.923 bits per heavy atom. The van der Waals surface area contributed by atoms with Crippen LogP contribution in [-0.2, 0) is 27.9 Å². The highest BCUT2D eigenvalue weighted by Gasteiger charge is 2.43. The van der Waals surface area contributed by atoms with Crippen molar-refractivity contribution in [2.45, 2.75) is 79.2 Å². The molecule has 0 saturated carbocycles. The van der Waals surface area contributed by atoms with Crippen molar-refractivity contribution in [2.24, 2.45) is 11.8 Å². The van der Waals surface area contributed by atoms with E-state index in [0.717, 1.165) is 0 Å². The Kier molecular flexibility index (Phi) is 10.3. The van der Waals surface area contributed by atoms with Crippen LogP contribution in [0.5, 0.6) is 0 Å². The van der Waals surface area contributed by atoms with Crippen LogP contribution in [0.2, 0.25) is 39.3 Å². The molecule has 0 aliphatic rings. The van der Waals surface area contributed by atoms with Gasteiger partial charge in [-0.3, -0.25) is 0 Å². The molecule has 0 aromatic heterocycles. The van der Waals surface area contributed by atoms with Gasteiger partial charge in [0, 0.05) is 0 Å². The average molecular weight is 407 g/mol. The molecular weight excluding hydrogens is 368 g/mol. The summed E-state index contributed by atoms with van der Waals surface area (Å²) in [5.41, 5.74) is 0. The van der Waals surface area contributed by atoms with Crippen molar-refractivity contribution in [3.8, 4) is 0 Å². The summed E-state index contributed by atoms with van der Waals surface area (Å²) >= 11 is 0. The van der Waals surface area contributed by atoms with Crippen LogP contribution in [-0.4, -0.2) is 54.0 Å². The molecule has 0 aromatic carbocycles. The van der Waals surface area contributed by atoms with Gasteiger partial charge in [-0.2, -0.15) is 0 Å². The summed E-state index contributed by atoms with van der Waals surface area (Å²) < 4.78 is 22.8. The second kappa shape index (κ2) is 10.6. The minimum absolute atomic E-state index is 0.190. The Morgan fingerprint density at radius 1 is 0.654 bits per heavy atom. The Hall–Kier alpha value is -0.706. The van der Waals surface area contributed by atoms with Crippen molar-refractivity contribution in [1.82, 2.24) is 0 Å². The van der Waals surface area contributed by atoms with Gasteiger partial charge in [0.05, 0.1) is 13.2 Å². The molecule has 2 atom stereocenters. The van der Waals surface area contributed by atoms with E-state index in [1.165, 1.54) is 0 Å². The standard InChI is InChI=1S/C18H38O6Si2/c1-13(2)11-21-17(19)15(23-25(5,6)7)16(24-26(8,9)10)18(20)22-12-14(3)4/h13-16H,11-12H2,1-10H3. The van der Waals surface area contributed by atoms with Crippen molar-refractivity contribution in [1.29, 1.82) is 0 Å². The van der Waals surface area contributed by atoms with Gasteiger partial charge in [-0.05, 0) is 51.1 Å². The molecule has 0 spiro atoms. The fourth-order valence-electron chi connectivity index (χ4n) is 1.89. The molecule has 0 rings (SSSR count). The second-order valence-corrected chi connectivity index (χ2v) is 18.3. The molecule has 0 aromatic rings. The topological polar surface area (TPSA) is 71.1 Å². The van der Waals surface area contributed by atoms with Crippen LogP contribution in [0, 0.1) is 11.8 Å². The number of hydrogen-bond donors (Lipinski definition) is 0. The maximum absolute atomic E-state index is 12.7. The zero-order chi connectivity index (χ0) is 20.7. The lowest BCUT2D eigenvalue weighted by molar-refractivity contribution is -0.171. The quantitative estimate of drug-likeness (QED) is 0.384. The predicted molar refractivity (Wildman–Crippen MR) is 108 cm³/mol. The van der Waals surface area contributed by atoms with E-state index in [9.17, 15) is 9.59 Å². The predicted octanol–water partition coefficient (Wildman–Crippen LogP) is 3.83. The van der Waals surface area contributed by atoms with Gasteiger partial charge in [0.15, 0.2) is 28.8 Å². The van der Waals surface area contributed by atoms with E-state index in [4.69, 9.17) is 18.3 Å². The summed E-state index contributed by atoms with van der Waals surface area (Å²) in [6.07, 6.45) is -2.21. The van der Waals surface area contributed by atoms with Crippen molar-refractivity contribution in [3.05, 3.63) is 0 Å². The van der Waals surface area contributed by atoms with Crippen molar-refractivity contribution < 1.29 is 27.9 Å². The average Bonchev–Trinajstić information content (AvgIpc) is 2.43. The molecule has 0 N–H and O–H groups in total. The Labute approximate surface area is 161 Å². The fraction of sp³-hybridized carbons (Fsp3) is 0.889. The van der Waals surface area contributed by atoms with Gasteiger partial charge in [0.1, 0.15) is 0 Å². The maximum atomic E-state index is 12.7. The summed E-state index contributed by atoms with van der Waals surface area (Å²) in [5, 5.41) is 0. The van der Waals surface area contributed by atoms with Crippen LogP contribution in [0.1, 0.15) is 27.7 Å². The molecule has 0 radical (unpaired) electrons. The normalized spacial score (nSPS) is 15.1. The number of rotatable bonds is 11. The van der Waals surface area contributed by atoms with Crippen LogP contribution >= 0.6 is 0 Å². The monoisotopic (exact) mass is 406 g/mol. The highest BCUT2D eigenvalue weighted by Crippen LogP contribution is 2.20. The van der Waals surface area contributed by atoms with Gasteiger partial charge in [-0.15, -0.1) is 0 Å². The first-order chi connectivity index (χ1) is 11.6. The van der Waals surface area contributed by atoms with E-state index >= 15 is 0 Å². The van der Waals surface area contributed by atoms with Crippen LogP contribution in [0.3, 0.4) is 0 Å². The lowest BCUT2D eigenvalue weighted by atomic mass is 10.2. The van der Waals surface area contributed by atoms with Crippen LogP contribution in [0.4, 0.5) is 0 Å². The Bertz CT molecular complexity index is 410. The molecule has 0 heterocycles. The summed E-state index contributed by atoms with van der Waals surface area (Å²) in [7, 11) is -4.28. The number of carbonyl (C=O) groups excluding carboxylic acids is 2. The first-order valence-electron chi connectivity index (χ1n) is 9.31. The summed E-state index contributed by atoms with van der Waals surface area (Å²) in [5.74, 6) is -0.747. The van der Waals surface area contributed by atoms with Gasteiger partial charge in [-0.25, -0.2) is 9.59 Å². The number of ether oxygens (including phenoxy) is 2. The first-order valence-corrected chi connectivity index (χ1v) is 16.1. The number of esters is 2. The van der Waals surface area contributed by atoms with E-state index in [1.54, 1.807) is 0 Å². The fourth-order valence-corrected chi connectivity index (χ4v) is 3.85. The molecule has 2 unspecified atom stereocenters. The molecule has 6 nitrogen and oxygen atoms in total. The molecule has 8 heteroatoms. The molecule has 0 saturated heterocycles. The largest absolute Gasteiger partial charge is 0.463 e. The highest BCUT2D eigenvalue weighted by atomic mass is 28.4. The van der Waals surface area contributed by atoms with E-state index in [2.05, 4.69) is 0 Å². The third-order valence-corrected chi connectivity index (χ3v) is 4.74. The van der Waals surface area contributed by atoms with Gasteiger partial charge >= 0.3 is 11.9 Å². The van der Waals surface area contributed by atoms with Crippen molar-refractivity contribution >= 4 is 28.6 Å². The summed E-state index contributed by atoms with van der Waals surface area (Å²) in [6.45, 7) is 20.1. The molecule has 0 amide bonds. The number of carbonyl (C=O) groups is 2. The van der Waals surface area contributed by atoms with Crippen LogP contribution < -0.4 is 0 Å². The minimum Gasteiger partial charge on any atom is -0.463 e. The minimum atomic E-state index is -2.14. The summed E-state index contributed by atoms with van der Waals surface area (Å²) in [4.78, 5) is 25.4. The van der Waals surface area contributed by atoms with E-state index in [-0.39, 0.29) is 25.0 Å². The second-order valence-electron chi connectivity index (χ2n) is 9.35. The van der Waals surface area contributed by atoms with Crippen LogP contribution in [0.25, 0.3) is 0 Å². The molecular formula is C18H38O6Si2. The van der Waals surface area contributed by atoms with Gasteiger partial charge in [0.25, 0.3) is 0 Å². The molecule has 0 aliphatic heterocycles. The highest BCUT2D eigenvalue weighted by molar-refractivity contribution is 6.70. The summed E-state index contributed by atoms with van der Waals surface area (Å²) in [6, 6.07) is 0. The maximum Gasteiger partial charge on any atom is 0.337 e. The Balaban J connectivity index is 5.58. The molecule has 26 heavy (non-hydrogen) atoms. The lowest BCUT2D eigenvalue weighted by Crippen LogP contribution is -2.53. The molecule has 0 fully saturated rings. The third kappa shape index (κ3) is 11.8. The third-order valence-electron chi connectivity index (χ3n) is 2.82. The van der Waals surface area contributed by atoms with E-state index < -0.39 is 40.8 Å². The zero-order valence-corrected chi connectivity index (χ0v) is 20.2. The van der Waals surface area contributed by atoms with Gasteiger partial charge in [-0.1, -0.05) is 27.7 Å². The number of hydrogen-bond acceptors (Lipinski definition) is 6. The van der Waals surface area contributed by atoms with Crippen molar-refractivity contribution in [2.75, 3.05) is 13.2 Å². The molecule has 0 aliphatic carbocycles. The first kappa shape index (κ1) is 25.3. The Morgan fingerprint density at radius 3 is 1.12 bits per heavy atom. The van der Waals surface area contributed by atoms with Gasteiger partial charge < -0.3 is 18.3 Å². The smallest absolute Gasteiger partial charge is 0.337 e. The van der Waals surface area contributed by atoms with Crippen molar-refractivity contribution in [3.63, 3.8) is 0 Å². The van der Waals surface area contributed by atoms with Gasteiger partial charge in [0.2, 0.25) is 0 Å².